The van der Waals surface area contributed by atoms with E-state index in [4.69, 9.17) is 28.0 Å². The van der Waals surface area contributed by atoms with Gasteiger partial charge in [-0.15, -0.1) is 0 Å². The van der Waals surface area contributed by atoms with Crippen LogP contribution < -0.4 is 0 Å². The Bertz CT molecular complexity index is 1060. The van der Waals surface area contributed by atoms with Gasteiger partial charge in [0, 0.05) is 34.1 Å². The maximum absolute atomic E-state index is 12.7. The molecule has 1 amide bonds. The third-order valence-corrected chi connectivity index (χ3v) is 5.66. The number of hydroxylamine groups is 2. The third kappa shape index (κ3) is 5.42. The molecule has 0 aliphatic carbocycles. The van der Waals surface area contributed by atoms with Crippen LogP contribution in [-0.4, -0.2) is 35.7 Å². The van der Waals surface area contributed by atoms with E-state index >= 15 is 0 Å². The van der Waals surface area contributed by atoms with E-state index in [0.717, 1.165) is 11.1 Å². The first-order valence-electron chi connectivity index (χ1n) is 9.96. The number of ketones is 2. The summed E-state index contributed by atoms with van der Waals surface area (Å²) in [6, 6.07) is 10.1. The molecule has 1 saturated heterocycles. The van der Waals surface area contributed by atoms with E-state index in [1.807, 2.05) is 13.8 Å². The molecule has 0 unspecified atom stereocenters. The van der Waals surface area contributed by atoms with Gasteiger partial charge in [0.25, 0.3) is 5.91 Å². The van der Waals surface area contributed by atoms with Crippen LogP contribution in [0.4, 0.5) is 0 Å². The van der Waals surface area contributed by atoms with E-state index in [-0.39, 0.29) is 30.5 Å². The highest BCUT2D eigenvalue weighted by molar-refractivity contribution is 6.34. The number of halogens is 2. The number of hydrogen-bond acceptors (Lipinski definition) is 4. The van der Waals surface area contributed by atoms with Crippen LogP contribution in [0, 0.1) is 12.8 Å². The van der Waals surface area contributed by atoms with Gasteiger partial charge in [0.2, 0.25) is 0 Å². The van der Waals surface area contributed by atoms with Crippen LogP contribution in [0.3, 0.4) is 0 Å². The number of allylic oxidation sites excluding steroid dienone is 2. The molecule has 1 fully saturated rings. The third-order valence-electron chi connectivity index (χ3n) is 5.22. The molecule has 31 heavy (non-hydrogen) atoms. The SMILES string of the molecule is CCN1OC[C@@H](CC(=O)c2ccc(C(=O)/C=C(/C)c3cc(Cl)cc(Cl)c3)cc2C)C1=O. The summed E-state index contributed by atoms with van der Waals surface area (Å²) in [4.78, 5) is 42.9. The van der Waals surface area contributed by atoms with E-state index in [1.165, 1.54) is 11.1 Å². The zero-order valence-electron chi connectivity index (χ0n) is 17.6. The highest BCUT2D eigenvalue weighted by Crippen LogP contribution is 2.25. The molecule has 2 aromatic carbocycles. The van der Waals surface area contributed by atoms with Gasteiger partial charge in [0.15, 0.2) is 11.6 Å². The van der Waals surface area contributed by atoms with E-state index in [9.17, 15) is 14.4 Å². The minimum Gasteiger partial charge on any atom is -0.294 e. The normalized spacial score (nSPS) is 16.7. The number of rotatable bonds is 7. The average molecular weight is 460 g/mol. The Morgan fingerprint density at radius 3 is 2.39 bits per heavy atom. The Morgan fingerprint density at radius 1 is 1.13 bits per heavy atom. The lowest BCUT2D eigenvalue weighted by Crippen LogP contribution is -2.27. The van der Waals surface area contributed by atoms with Crippen molar-refractivity contribution in [3.63, 3.8) is 0 Å². The predicted molar refractivity (Wildman–Crippen MR) is 121 cm³/mol. The first-order valence-corrected chi connectivity index (χ1v) is 10.7. The van der Waals surface area contributed by atoms with Crippen LogP contribution in [0.1, 0.15) is 52.1 Å². The van der Waals surface area contributed by atoms with Gasteiger partial charge >= 0.3 is 0 Å². The molecule has 1 heterocycles. The maximum atomic E-state index is 12.7. The molecule has 162 valence electrons. The molecule has 1 aliphatic heterocycles. The van der Waals surface area contributed by atoms with Crippen LogP contribution in [0.2, 0.25) is 10.0 Å². The molecular weight excluding hydrogens is 437 g/mol. The smallest absolute Gasteiger partial charge is 0.252 e. The van der Waals surface area contributed by atoms with Gasteiger partial charge in [0.1, 0.15) is 0 Å². The second-order valence-corrected chi connectivity index (χ2v) is 8.41. The molecule has 0 radical (unpaired) electrons. The number of carbonyl (C=O) groups excluding carboxylic acids is 3. The van der Waals surface area contributed by atoms with Crippen molar-refractivity contribution in [2.24, 2.45) is 5.92 Å². The molecule has 1 aliphatic rings. The summed E-state index contributed by atoms with van der Waals surface area (Å²) in [7, 11) is 0. The minimum absolute atomic E-state index is 0.0814. The molecule has 0 aromatic heterocycles. The molecule has 2 aromatic rings. The summed E-state index contributed by atoms with van der Waals surface area (Å²) in [5.74, 6) is -0.962. The minimum atomic E-state index is -0.469. The number of carbonyl (C=O) groups is 3. The fraction of sp³-hybridized carbons (Fsp3) is 0.292. The number of benzene rings is 2. The fourth-order valence-corrected chi connectivity index (χ4v) is 4.05. The molecule has 7 heteroatoms. The second-order valence-electron chi connectivity index (χ2n) is 7.53. The van der Waals surface area contributed by atoms with Crippen molar-refractivity contribution >= 4 is 46.2 Å². The standard InChI is InChI=1S/C24H23Cl2NO4/c1-4-27-24(30)18(13-31-27)11-23(29)21-6-5-16(7-15(21)3)22(28)8-14(2)17-9-19(25)12-20(26)10-17/h5-10,12,18H,4,11,13H2,1-3H3/b14-8-/t18-/m1/s1. The Hall–Kier alpha value is -2.47. The number of aryl methyl sites for hydroxylation is 1. The van der Waals surface area contributed by atoms with Crippen molar-refractivity contribution in [1.29, 1.82) is 0 Å². The van der Waals surface area contributed by atoms with Crippen LogP contribution in [0.15, 0.2) is 42.5 Å². The van der Waals surface area contributed by atoms with Crippen molar-refractivity contribution in [2.45, 2.75) is 27.2 Å². The summed E-state index contributed by atoms with van der Waals surface area (Å²) in [6.45, 7) is 6.08. The zero-order chi connectivity index (χ0) is 22.7. The van der Waals surface area contributed by atoms with Gasteiger partial charge in [-0.05, 0) is 67.8 Å². The first-order chi connectivity index (χ1) is 14.7. The molecular formula is C24H23Cl2NO4. The monoisotopic (exact) mass is 459 g/mol. The molecule has 1 atom stereocenters. The van der Waals surface area contributed by atoms with Crippen LogP contribution in [-0.2, 0) is 9.63 Å². The largest absolute Gasteiger partial charge is 0.294 e. The topological polar surface area (TPSA) is 63.7 Å². The van der Waals surface area contributed by atoms with Crippen molar-refractivity contribution in [3.05, 3.63) is 74.8 Å². The van der Waals surface area contributed by atoms with Crippen LogP contribution in [0.5, 0.6) is 0 Å². The summed E-state index contributed by atoms with van der Waals surface area (Å²) in [5, 5.41) is 2.28. The highest BCUT2D eigenvalue weighted by Gasteiger charge is 2.34. The second kappa shape index (κ2) is 9.77. The molecule has 0 saturated carbocycles. The van der Waals surface area contributed by atoms with Crippen molar-refractivity contribution in [3.8, 4) is 0 Å². The number of nitrogens with zero attached hydrogens (tertiary/aromatic N) is 1. The Morgan fingerprint density at radius 2 is 1.81 bits per heavy atom. The highest BCUT2D eigenvalue weighted by atomic mass is 35.5. The van der Waals surface area contributed by atoms with Crippen LogP contribution in [0.25, 0.3) is 5.57 Å². The maximum Gasteiger partial charge on any atom is 0.252 e. The van der Waals surface area contributed by atoms with Gasteiger partial charge < -0.3 is 0 Å². The summed E-state index contributed by atoms with van der Waals surface area (Å²) < 4.78 is 0. The number of hydrogen-bond donors (Lipinski definition) is 0. The quantitative estimate of drug-likeness (QED) is 0.400. The average Bonchev–Trinajstić information content (AvgIpc) is 3.06. The van der Waals surface area contributed by atoms with Crippen molar-refractivity contribution < 1.29 is 19.2 Å². The Labute approximate surface area is 191 Å². The van der Waals surface area contributed by atoms with Gasteiger partial charge in [-0.2, -0.15) is 0 Å². The summed E-state index contributed by atoms with van der Waals surface area (Å²) in [5.41, 5.74) is 3.15. The van der Waals surface area contributed by atoms with Crippen LogP contribution >= 0.6 is 23.2 Å². The van der Waals surface area contributed by atoms with Crippen molar-refractivity contribution in [1.82, 2.24) is 5.06 Å². The Balaban J connectivity index is 1.74. The van der Waals surface area contributed by atoms with E-state index in [2.05, 4.69) is 0 Å². The molecule has 0 bridgehead atoms. The van der Waals surface area contributed by atoms with Crippen molar-refractivity contribution in [2.75, 3.05) is 13.2 Å². The van der Waals surface area contributed by atoms with Gasteiger partial charge in [-0.1, -0.05) is 35.3 Å². The number of amides is 1. The van der Waals surface area contributed by atoms with E-state index in [0.29, 0.717) is 33.3 Å². The van der Waals surface area contributed by atoms with Gasteiger partial charge in [-0.25, -0.2) is 5.06 Å². The lowest BCUT2D eigenvalue weighted by Gasteiger charge is -2.11. The van der Waals surface area contributed by atoms with Gasteiger partial charge in [-0.3, -0.25) is 19.2 Å². The predicted octanol–water partition coefficient (Wildman–Crippen LogP) is 5.57. The lowest BCUT2D eigenvalue weighted by atomic mass is 9.93. The summed E-state index contributed by atoms with van der Waals surface area (Å²) in [6.07, 6.45) is 1.60. The molecule has 0 spiro atoms. The van der Waals surface area contributed by atoms with E-state index < -0.39 is 5.92 Å². The number of Topliss-reactive ketones (excluding diaryl/α,β-unsaturated/α-hetero) is 1. The first kappa shape index (κ1) is 23.2. The lowest BCUT2D eigenvalue weighted by molar-refractivity contribution is -0.160. The van der Waals surface area contributed by atoms with E-state index in [1.54, 1.807) is 43.3 Å². The summed E-state index contributed by atoms with van der Waals surface area (Å²) >= 11 is 12.1. The fourth-order valence-electron chi connectivity index (χ4n) is 3.52. The Kier molecular flexibility index (Phi) is 7.31. The molecule has 0 N–H and O–H groups in total. The van der Waals surface area contributed by atoms with Gasteiger partial charge in [0.05, 0.1) is 12.5 Å². The zero-order valence-corrected chi connectivity index (χ0v) is 19.1. The molecule has 3 rings (SSSR count). The molecule has 5 nitrogen and oxygen atoms in total.